The van der Waals surface area contributed by atoms with Crippen LogP contribution in [0.25, 0.3) is 0 Å². The Morgan fingerprint density at radius 3 is 1.65 bits per heavy atom. The molecule has 2 heterocycles. The van der Waals surface area contributed by atoms with E-state index in [1.807, 2.05) is 13.8 Å². The summed E-state index contributed by atoms with van der Waals surface area (Å²) >= 11 is 0. The second-order valence-corrected chi connectivity index (χ2v) is 28.9. The molecule has 1 saturated carbocycles. The van der Waals surface area contributed by atoms with E-state index in [1.54, 1.807) is 27.7 Å². The summed E-state index contributed by atoms with van der Waals surface area (Å²) in [6.45, 7) is 12.0. The van der Waals surface area contributed by atoms with Crippen molar-refractivity contribution in [2.75, 3.05) is 82.1 Å². The van der Waals surface area contributed by atoms with Crippen LogP contribution in [0.15, 0.2) is 18.2 Å². The van der Waals surface area contributed by atoms with Crippen LogP contribution in [0.2, 0.25) is 0 Å². The maximum absolute atomic E-state index is 15.0. The Kier molecular flexibility index (Phi) is 32.0. The highest BCUT2D eigenvalue weighted by molar-refractivity contribution is 6.00. The minimum absolute atomic E-state index is 0.0123. The third kappa shape index (κ3) is 24.6. The van der Waals surface area contributed by atoms with Gasteiger partial charge in [0.25, 0.3) is 0 Å². The third-order valence-corrected chi connectivity index (χ3v) is 18.8. The first-order valence-corrected chi connectivity index (χ1v) is 34.5. The summed E-state index contributed by atoms with van der Waals surface area (Å²) in [4.78, 5) is 184. The molecular formula is C69H108F6N12O12. The molecule has 1 aromatic carbocycles. The van der Waals surface area contributed by atoms with Crippen LogP contribution in [0, 0.1) is 29.5 Å². The highest BCUT2D eigenvalue weighted by Crippen LogP contribution is 2.33. The minimum atomic E-state index is -5.05. The molecule has 0 radical (unpaired) electrons. The van der Waals surface area contributed by atoms with Crippen LogP contribution in [-0.4, -0.2) is 246 Å². The fourth-order valence-electron chi connectivity index (χ4n) is 12.9. The number of unbranched alkanes of at least 4 members (excludes halogenated alkanes) is 1. The number of carbonyl (C=O) groups is 12. The molecule has 99 heavy (non-hydrogen) atoms. The van der Waals surface area contributed by atoms with Crippen LogP contribution in [0.1, 0.15) is 169 Å². The molecule has 558 valence electrons. The molecular weight excluding hydrogens is 1300 g/mol. The predicted molar refractivity (Wildman–Crippen MR) is 357 cm³/mol. The van der Waals surface area contributed by atoms with Crippen LogP contribution in [-0.2, 0) is 70.1 Å². The Bertz CT molecular complexity index is 3000. The van der Waals surface area contributed by atoms with Crippen LogP contribution < -0.4 is 21.3 Å². The molecule has 24 nitrogen and oxygen atoms in total. The lowest BCUT2D eigenvalue weighted by Gasteiger charge is -2.38. The average Bonchev–Trinajstić information content (AvgIpc) is 0.878. The number of carbonyl (C=O) groups excluding carboxylic acids is 12. The number of nitrogens with zero attached hydrogens (tertiary/aromatic N) is 8. The zero-order chi connectivity index (χ0) is 74.7. The van der Waals surface area contributed by atoms with Crippen LogP contribution in [0.5, 0.6) is 0 Å². The maximum Gasteiger partial charge on any atom is 0.419 e. The lowest BCUT2D eigenvalue weighted by Crippen LogP contribution is -2.63. The molecule has 12 amide bonds. The fraction of sp³-hybridized carbons (Fsp3) is 0.739. The summed E-state index contributed by atoms with van der Waals surface area (Å²) in [5.41, 5.74) is -3.44. The number of alkyl halides is 5. The van der Waals surface area contributed by atoms with E-state index in [-0.39, 0.29) is 68.3 Å². The number of hydrogen-bond donors (Lipinski definition) is 4. The Balaban J connectivity index is 1.89. The van der Waals surface area contributed by atoms with Gasteiger partial charge in [-0.15, -0.1) is 0 Å². The van der Waals surface area contributed by atoms with E-state index in [9.17, 15) is 83.9 Å². The Morgan fingerprint density at radius 2 is 1.10 bits per heavy atom. The zero-order valence-electron chi connectivity index (χ0n) is 60.5. The van der Waals surface area contributed by atoms with Crippen LogP contribution in [0.3, 0.4) is 0 Å². The molecule has 2 saturated heterocycles. The number of nitrogens with one attached hydrogen (secondary N) is 4. The predicted octanol–water partition coefficient (Wildman–Crippen LogP) is 5.38. The van der Waals surface area contributed by atoms with Gasteiger partial charge in [0.15, 0.2) is 0 Å². The van der Waals surface area contributed by atoms with Gasteiger partial charge in [-0.25, -0.2) is 13.2 Å². The van der Waals surface area contributed by atoms with Crippen molar-refractivity contribution in [2.24, 2.45) is 23.7 Å². The minimum Gasteiger partial charge on any atom is -0.343 e. The molecule has 0 aromatic heterocycles. The zero-order valence-corrected chi connectivity index (χ0v) is 60.5. The quantitative estimate of drug-likeness (QED) is 0.120. The van der Waals surface area contributed by atoms with E-state index in [2.05, 4.69) is 21.3 Å². The summed E-state index contributed by atoms with van der Waals surface area (Å²) in [6.07, 6.45) is -5.25. The molecule has 4 N–H and O–H groups in total. The largest absolute Gasteiger partial charge is 0.419 e. The van der Waals surface area contributed by atoms with E-state index in [0.717, 1.165) is 54.7 Å². The number of halogens is 6. The van der Waals surface area contributed by atoms with Gasteiger partial charge < -0.3 is 60.5 Å². The SMILES string of the molecule is CC(C)C[C@H]1C(=O)N[C@@H](C2CCCCC2)C(=O)N(C)CC(=O)N(C)CC(=O)N(C)[C@@H](CCCCC(F)F)C(=O)N(C)CC(=O)N[C@@H](CCc2ccc(C(F)(F)F)c(F)c2)C(=O)N(C)[C@@H](CC(C)C)C(=O)NC(C)(C)C(=O)N(C)[C@@H](CC(C)C)C(=O)N[C@H](C(=O)N2CCCC2)CC(=O)N1C. The maximum atomic E-state index is 15.0. The first kappa shape index (κ1) is 83.9. The van der Waals surface area contributed by atoms with Gasteiger partial charge in [-0.2, -0.15) is 13.2 Å². The van der Waals surface area contributed by atoms with Crippen molar-refractivity contribution in [1.29, 1.82) is 0 Å². The number of likely N-dealkylation sites (tertiary alicyclic amines) is 1. The molecule has 0 unspecified atom stereocenters. The van der Waals surface area contributed by atoms with Crippen molar-refractivity contribution in [3.63, 3.8) is 0 Å². The topological polar surface area (TPSA) is 279 Å². The molecule has 2 aliphatic heterocycles. The monoisotopic (exact) mass is 1410 g/mol. The molecule has 30 heteroatoms. The van der Waals surface area contributed by atoms with Gasteiger partial charge in [-0.05, 0) is 126 Å². The van der Waals surface area contributed by atoms with E-state index in [1.165, 1.54) is 73.0 Å². The number of likely N-dealkylation sites (N-methyl/N-ethyl adjacent to an activating group) is 7. The summed E-state index contributed by atoms with van der Waals surface area (Å²) in [5, 5.41) is 11.0. The van der Waals surface area contributed by atoms with E-state index in [0.29, 0.717) is 50.9 Å². The summed E-state index contributed by atoms with van der Waals surface area (Å²) in [5.74, 6) is -12.4. The lowest BCUT2D eigenvalue weighted by atomic mass is 9.83. The van der Waals surface area contributed by atoms with Gasteiger partial charge in [0.1, 0.15) is 53.6 Å². The number of amides is 12. The first-order chi connectivity index (χ1) is 46.1. The molecule has 7 atom stereocenters. The summed E-state index contributed by atoms with van der Waals surface area (Å²) in [6, 6.07) is -7.63. The van der Waals surface area contributed by atoms with Crippen molar-refractivity contribution in [3.8, 4) is 0 Å². The molecule has 1 aromatic rings. The normalized spacial score (nSPS) is 24.4. The molecule has 0 spiro atoms. The average molecular weight is 1410 g/mol. The number of benzene rings is 1. The van der Waals surface area contributed by atoms with Gasteiger partial charge in [0.2, 0.25) is 77.3 Å². The van der Waals surface area contributed by atoms with Crippen molar-refractivity contribution in [1.82, 2.24) is 60.5 Å². The molecule has 0 bridgehead atoms. The smallest absolute Gasteiger partial charge is 0.343 e. The second kappa shape index (κ2) is 37.7. The van der Waals surface area contributed by atoms with E-state index >= 15 is 0 Å². The lowest BCUT2D eigenvalue weighted by molar-refractivity contribution is -0.149. The third-order valence-electron chi connectivity index (χ3n) is 18.8. The van der Waals surface area contributed by atoms with E-state index < -0.39 is 188 Å². The van der Waals surface area contributed by atoms with Crippen molar-refractivity contribution in [3.05, 3.63) is 35.1 Å². The van der Waals surface area contributed by atoms with Crippen molar-refractivity contribution in [2.45, 2.75) is 225 Å². The van der Waals surface area contributed by atoms with Crippen molar-refractivity contribution < 1.29 is 83.9 Å². The molecule has 4 rings (SSSR count). The fourth-order valence-corrected chi connectivity index (χ4v) is 12.9. The van der Waals surface area contributed by atoms with Crippen LogP contribution >= 0.6 is 0 Å². The molecule has 3 aliphatic rings. The summed E-state index contributed by atoms with van der Waals surface area (Å²) in [7, 11) is 9.03. The second-order valence-electron chi connectivity index (χ2n) is 28.9. The standard InChI is InChI=1S/C69H108F6N12O12/c1-41(2)33-51-61(93)78-59(45-23-17-16-18-24-45)66(98)82(11)39-57(90)80(9)40-58(91)83(12)50(25-19-20-26-54(71)72)65(97)81(10)38-55(88)76-48(30-28-44-27-29-46(47(70)36-44)69(73,74)75)63(95)85(14)53(35-43(5)6)62(94)79-68(7,8)67(99)86(15)52(34-42(3)4)60(92)77-49(37-56(89)84(51)13)64(96)87-31-21-22-32-87/h27,29,36,41-43,45,48-54,59H,16-26,28,30-35,37-40H2,1-15H3,(H,76,88)(H,77,92)(H,78,93)(H,79,94)/t48-,49-,50-,51-,52-,53-,59-/m0/s1. The molecule has 3 fully saturated rings. The highest BCUT2D eigenvalue weighted by Gasteiger charge is 2.44. The van der Waals surface area contributed by atoms with Gasteiger partial charge in [-0.1, -0.05) is 73.3 Å². The first-order valence-electron chi connectivity index (χ1n) is 34.5. The van der Waals surface area contributed by atoms with Gasteiger partial charge >= 0.3 is 6.18 Å². The summed E-state index contributed by atoms with van der Waals surface area (Å²) < 4.78 is 82.7. The Morgan fingerprint density at radius 1 is 0.576 bits per heavy atom. The Hall–Kier alpha value is -7.56. The van der Waals surface area contributed by atoms with Gasteiger partial charge in [-0.3, -0.25) is 57.5 Å². The van der Waals surface area contributed by atoms with Crippen molar-refractivity contribution >= 4 is 70.9 Å². The highest BCUT2D eigenvalue weighted by atomic mass is 19.4. The Labute approximate surface area is 579 Å². The number of rotatable bonds is 16. The van der Waals surface area contributed by atoms with Gasteiger partial charge in [0.05, 0.1) is 31.6 Å². The van der Waals surface area contributed by atoms with Crippen LogP contribution in [0.4, 0.5) is 26.3 Å². The van der Waals surface area contributed by atoms with Gasteiger partial charge in [0, 0.05) is 68.8 Å². The van der Waals surface area contributed by atoms with E-state index in [4.69, 9.17) is 0 Å². The number of hydrogen-bond acceptors (Lipinski definition) is 12. The number of aryl methyl sites for hydroxylation is 1. The molecule has 1 aliphatic carbocycles.